The molecule has 4 unspecified atom stereocenters. The van der Waals surface area contributed by atoms with Gasteiger partial charge in [0.05, 0.1) is 12.2 Å². The Hall–Kier alpha value is -2.08. The van der Waals surface area contributed by atoms with E-state index in [0.29, 0.717) is 6.42 Å². The summed E-state index contributed by atoms with van der Waals surface area (Å²) < 4.78 is 18.1. The van der Waals surface area contributed by atoms with Crippen LogP contribution in [0, 0.1) is 12.7 Å². The maximum Gasteiger partial charge on any atom is 0.123 e. The van der Waals surface area contributed by atoms with Crippen molar-refractivity contribution < 1.29 is 19.3 Å². The van der Waals surface area contributed by atoms with Gasteiger partial charge in [-0.1, -0.05) is 38.1 Å². The molecule has 0 amide bonds. The molecule has 1 aliphatic carbocycles. The highest BCUT2D eigenvalue weighted by molar-refractivity contribution is 5.61. The molecule has 1 fully saturated rings. The minimum Gasteiger partial charge on any atom is -0.388 e. The van der Waals surface area contributed by atoms with Crippen molar-refractivity contribution in [2.24, 2.45) is 0 Å². The van der Waals surface area contributed by atoms with Crippen LogP contribution in [0.2, 0.25) is 0 Å². The minimum absolute atomic E-state index is 0.287. The molecule has 152 valence electrons. The Labute approximate surface area is 166 Å². The topological polar surface area (TPSA) is 62.6 Å². The molecule has 4 rings (SSSR count). The van der Waals surface area contributed by atoms with Crippen LogP contribution >= 0.6 is 0 Å². The molecule has 0 bridgehead atoms. The molecule has 0 saturated carbocycles. The third-order valence-corrected chi connectivity index (χ3v) is 4.85. The maximum absolute atomic E-state index is 12.7. The summed E-state index contributed by atoms with van der Waals surface area (Å²) >= 11 is 0. The number of aryl methyl sites for hydroxylation is 1. The molecule has 28 heavy (non-hydrogen) atoms. The molecule has 1 saturated heterocycles. The van der Waals surface area contributed by atoms with E-state index < -0.39 is 18.3 Å². The van der Waals surface area contributed by atoms with Crippen molar-refractivity contribution in [1.29, 1.82) is 0 Å². The van der Waals surface area contributed by atoms with Crippen LogP contribution in [-0.2, 0) is 17.6 Å². The molecule has 2 N–H and O–H groups in total. The lowest BCUT2D eigenvalue weighted by Crippen LogP contribution is -2.32. The van der Waals surface area contributed by atoms with Gasteiger partial charge in [0.2, 0.25) is 0 Å². The molecule has 2 aromatic rings. The number of allylic oxidation sites excluding steroid dienone is 1. The number of hydrogen-bond acceptors (Lipinski definition) is 4. The zero-order valence-corrected chi connectivity index (χ0v) is 17.0. The fraction of sp³-hybridized carbons (Fsp3) is 0.435. The van der Waals surface area contributed by atoms with Gasteiger partial charge >= 0.3 is 0 Å². The average Bonchev–Trinajstić information content (AvgIpc) is 3.28. The van der Waals surface area contributed by atoms with Gasteiger partial charge in [-0.25, -0.2) is 4.39 Å². The van der Waals surface area contributed by atoms with E-state index >= 15 is 0 Å². The van der Waals surface area contributed by atoms with Gasteiger partial charge in [-0.2, -0.15) is 0 Å². The number of hydrogen-bond donors (Lipinski definition) is 2. The molecule has 0 radical (unpaired) electrons. The van der Waals surface area contributed by atoms with E-state index in [9.17, 15) is 14.6 Å². The van der Waals surface area contributed by atoms with Crippen molar-refractivity contribution in [3.05, 3.63) is 70.8 Å². The lowest BCUT2D eigenvalue weighted by atomic mass is 10.0. The van der Waals surface area contributed by atoms with E-state index in [0.717, 1.165) is 17.7 Å². The second-order valence-electron chi connectivity index (χ2n) is 6.77. The lowest BCUT2D eigenvalue weighted by molar-refractivity contribution is 0.0169. The van der Waals surface area contributed by atoms with Crippen LogP contribution in [0.25, 0.3) is 6.08 Å². The molecule has 1 aromatic carbocycles. The van der Waals surface area contributed by atoms with E-state index in [1.807, 2.05) is 20.0 Å². The summed E-state index contributed by atoms with van der Waals surface area (Å²) in [4.78, 5) is 4.20. The lowest BCUT2D eigenvalue weighted by Gasteiger charge is -2.14. The highest BCUT2D eigenvalue weighted by Crippen LogP contribution is 2.24. The zero-order valence-electron chi connectivity index (χ0n) is 17.0. The van der Waals surface area contributed by atoms with Gasteiger partial charge in [0.1, 0.15) is 18.0 Å². The highest BCUT2D eigenvalue weighted by Gasteiger charge is 2.39. The van der Waals surface area contributed by atoms with E-state index in [1.165, 1.54) is 23.3 Å². The maximum atomic E-state index is 12.7. The Morgan fingerprint density at radius 2 is 1.79 bits per heavy atom. The number of pyridine rings is 1. The Kier molecular flexibility index (Phi) is 8.30. The number of halogens is 1. The summed E-state index contributed by atoms with van der Waals surface area (Å²) in [6.07, 6.45) is 5.26. The molecule has 2 heterocycles. The highest BCUT2D eigenvalue weighted by atomic mass is 19.1. The van der Waals surface area contributed by atoms with E-state index in [-0.39, 0.29) is 11.9 Å². The number of fused-ring (bicyclic) bond motifs is 1. The molecule has 5 heteroatoms. The van der Waals surface area contributed by atoms with E-state index in [4.69, 9.17) is 4.74 Å². The predicted molar refractivity (Wildman–Crippen MR) is 110 cm³/mol. The molecule has 4 nitrogen and oxygen atoms in total. The summed E-state index contributed by atoms with van der Waals surface area (Å²) in [5.74, 6) is -0.287. The minimum atomic E-state index is -0.875. The number of aliphatic hydroxyl groups excluding tert-OH is 2. The van der Waals surface area contributed by atoms with Crippen molar-refractivity contribution in [2.75, 3.05) is 0 Å². The normalized spacial score (nSPS) is 24.7. The largest absolute Gasteiger partial charge is 0.388 e. The smallest absolute Gasteiger partial charge is 0.123 e. The van der Waals surface area contributed by atoms with Gasteiger partial charge in [0, 0.05) is 18.3 Å². The summed E-state index contributed by atoms with van der Waals surface area (Å²) in [6, 6.07) is 8.14. The van der Waals surface area contributed by atoms with Crippen LogP contribution in [0.3, 0.4) is 0 Å². The number of nitrogens with zero attached hydrogens (tertiary/aromatic N) is 1. The van der Waals surface area contributed by atoms with E-state index in [1.54, 1.807) is 19.1 Å². The fourth-order valence-electron chi connectivity index (χ4n) is 3.30. The van der Waals surface area contributed by atoms with Crippen molar-refractivity contribution in [3.63, 3.8) is 0 Å². The van der Waals surface area contributed by atoms with Crippen LogP contribution < -0.4 is 0 Å². The van der Waals surface area contributed by atoms with Gasteiger partial charge < -0.3 is 14.9 Å². The Morgan fingerprint density at radius 1 is 1.11 bits per heavy atom. The van der Waals surface area contributed by atoms with Gasteiger partial charge in [0.15, 0.2) is 0 Å². The van der Waals surface area contributed by atoms with Crippen LogP contribution in [-0.4, -0.2) is 39.6 Å². The Balaban J connectivity index is 0.000000200. The first kappa shape index (κ1) is 22.2. The number of benzene rings is 1. The summed E-state index contributed by atoms with van der Waals surface area (Å²) in [6.45, 7) is 7.77. The molecular formula is C23H30FNO3. The van der Waals surface area contributed by atoms with Crippen molar-refractivity contribution >= 4 is 6.08 Å². The molecule has 0 spiro atoms. The first-order valence-electron chi connectivity index (χ1n) is 9.82. The van der Waals surface area contributed by atoms with Crippen molar-refractivity contribution in [2.45, 2.75) is 65.0 Å². The van der Waals surface area contributed by atoms with Crippen molar-refractivity contribution in [3.8, 4) is 0 Å². The standard InChI is InChI=1S/C12H15FO3.C9H9N.C2H6/c1-7-11(14)12(15)10(16-7)6-8-2-4-9(13)5-3-8;1-7-9-4-2-3-8(9)5-6-10-7;1-2/h2-5,7,10-12,14-15H,6H2,1H3;2,4-6H,3H2,1H3;1-2H3. The Morgan fingerprint density at radius 3 is 2.36 bits per heavy atom. The third kappa shape index (κ3) is 5.47. The van der Waals surface area contributed by atoms with Crippen LogP contribution in [0.1, 0.15) is 43.2 Å². The van der Waals surface area contributed by atoms with Gasteiger partial charge in [0.25, 0.3) is 0 Å². The van der Waals surface area contributed by atoms with Gasteiger partial charge in [-0.15, -0.1) is 0 Å². The van der Waals surface area contributed by atoms with Crippen molar-refractivity contribution in [1.82, 2.24) is 4.98 Å². The SMILES string of the molecule is CC.CC1OC(Cc2ccc(F)cc2)C(O)C1O.Cc1nccc2c1C=CC2. The van der Waals surface area contributed by atoms with E-state index in [2.05, 4.69) is 30.1 Å². The molecule has 4 atom stereocenters. The van der Waals surface area contributed by atoms with Crippen LogP contribution in [0.5, 0.6) is 0 Å². The zero-order chi connectivity index (χ0) is 20.7. The number of aliphatic hydroxyl groups is 2. The quantitative estimate of drug-likeness (QED) is 0.821. The van der Waals surface area contributed by atoms with Crippen LogP contribution in [0.15, 0.2) is 42.6 Å². The van der Waals surface area contributed by atoms with Gasteiger partial charge in [-0.05, 0) is 55.2 Å². The summed E-state index contributed by atoms with van der Waals surface area (Å²) in [7, 11) is 0. The first-order chi connectivity index (χ1) is 13.5. The fourth-order valence-corrected chi connectivity index (χ4v) is 3.30. The molecule has 1 aromatic heterocycles. The molecule has 2 aliphatic rings. The monoisotopic (exact) mass is 387 g/mol. The summed E-state index contributed by atoms with van der Waals surface area (Å²) in [5.41, 5.74) is 4.76. The number of rotatable bonds is 2. The molecular weight excluding hydrogens is 357 g/mol. The van der Waals surface area contributed by atoms with Gasteiger partial charge in [-0.3, -0.25) is 4.98 Å². The van der Waals surface area contributed by atoms with Crippen LogP contribution in [0.4, 0.5) is 4.39 Å². The predicted octanol–water partition coefficient (Wildman–Crippen LogP) is 3.86. The second kappa shape index (κ2) is 10.5. The summed E-state index contributed by atoms with van der Waals surface area (Å²) in [5, 5.41) is 19.2. The second-order valence-corrected chi connectivity index (χ2v) is 6.77. The molecule has 1 aliphatic heterocycles. The average molecular weight is 387 g/mol. The third-order valence-electron chi connectivity index (χ3n) is 4.85. The number of aromatic nitrogens is 1. The first-order valence-corrected chi connectivity index (χ1v) is 9.82. The number of ether oxygens (including phenoxy) is 1. The Bertz CT molecular complexity index is 776.